The van der Waals surface area contributed by atoms with Crippen molar-refractivity contribution in [2.45, 2.75) is 18.3 Å². The Balaban J connectivity index is 4.72. The molecule has 7 heteroatoms. The Morgan fingerprint density at radius 3 is 1.90 bits per heavy atom. The minimum absolute atomic E-state index is 0.127. The zero-order valence-electron chi connectivity index (χ0n) is 5.22. The maximum Gasteiger partial charge on any atom is 0.336 e. The SMILES string of the molecule is CCC(P(=O)=O)S(=O)(=O)O. The third-order valence-electron chi connectivity index (χ3n) is 0.928. The highest BCUT2D eigenvalue weighted by Gasteiger charge is 2.26. The van der Waals surface area contributed by atoms with Crippen molar-refractivity contribution in [1.82, 2.24) is 0 Å². The molecule has 0 aromatic carbocycles. The van der Waals surface area contributed by atoms with E-state index in [9.17, 15) is 17.5 Å². The Morgan fingerprint density at radius 2 is 1.90 bits per heavy atom. The van der Waals surface area contributed by atoms with Crippen LogP contribution < -0.4 is 0 Å². The molecule has 0 spiro atoms. The van der Waals surface area contributed by atoms with E-state index in [1.807, 2.05) is 0 Å². The molecule has 0 aromatic rings. The van der Waals surface area contributed by atoms with Crippen molar-refractivity contribution in [2.75, 3.05) is 0 Å². The molecule has 0 heterocycles. The summed E-state index contributed by atoms with van der Waals surface area (Å²) in [6.45, 7) is 1.36. The van der Waals surface area contributed by atoms with E-state index in [4.69, 9.17) is 4.55 Å². The molecule has 0 aliphatic carbocycles. The van der Waals surface area contributed by atoms with Gasteiger partial charge in [0.05, 0.1) is 0 Å². The molecule has 0 aliphatic rings. The topological polar surface area (TPSA) is 88.5 Å². The largest absolute Gasteiger partial charge is 0.336 e. The quantitative estimate of drug-likeness (QED) is 0.519. The summed E-state index contributed by atoms with van der Waals surface area (Å²) in [5.74, 6) is 0. The van der Waals surface area contributed by atoms with E-state index in [2.05, 4.69) is 0 Å². The first-order valence-corrected chi connectivity index (χ1v) is 5.24. The normalized spacial score (nSPS) is 14.6. The zero-order chi connectivity index (χ0) is 8.36. The maximum absolute atomic E-state index is 10.2. The van der Waals surface area contributed by atoms with Crippen LogP contribution in [0.25, 0.3) is 0 Å². The Kier molecular flexibility index (Phi) is 3.21. The van der Waals surface area contributed by atoms with Crippen LogP contribution in [0.3, 0.4) is 0 Å². The Labute approximate surface area is 59.0 Å². The summed E-state index contributed by atoms with van der Waals surface area (Å²) in [5, 5.41) is 0. The second-order valence-corrected chi connectivity index (χ2v) is 4.81. The Morgan fingerprint density at radius 1 is 1.50 bits per heavy atom. The van der Waals surface area contributed by atoms with Crippen LogP contribution in [-0.2, 0) is 19.2 Å². The lowest BCUT2D eigenvalue weighted by atomic mass is 10.6. The molecule has 0 amide bonds. The van der Waals surface area contributed by atoms with Gasteiger partial charge in [0, 0.05) is 0 Å². The van der Waals surface area contributed by atoms with Gasteiger partial charge in [-0.2, -0.15) is 8.42 Å². The van der Waals surface area contributed by atoms with Gasteiger partial charge in [-0.05, 0) is 6.42 Å². The predicted octanol–water partition coefficient (Wildman–Crippen LogP) is 0.783. The first-order chi connectivity index (χ1) is 4.39. The average molecular weight is 186 g/mol. The highest BCUT2D eigenvalue weighted by Crippen LogP contribution is 2.22. The van der Waals surface area contributed by atoms with E-state index >= 15 is 0 Å². The van der Waals surface area contributed by atoms with Crippen molar-refractivity contribution >= 4 is 17.8 Å². The van der Waals surface area contributed by atoms with Gasteiger partial charge in [0.15, 0.2) is 4.99 Å². The molecule has 0 fully saturated rings. The Bertz CT molecular complexity index is 255. The van der Waals surface area contributed by atoms with Gasteiger partial charge in [-0.3, -0.25) is 4.55 Å². The van der Waals surface area contributed by atoms with Gasteiger partial charge in [0.1, 0.15) is 0 Å². The van der Waals surface area contributed by atoms with Gasteiger partial charge < -0.3 is 0 Å². The van der Waals surface area contributed by atoms with Crippen LogP contribution in [0, 0.1) is 0 Å². The molecule has 1 unspecified atom stereocenters. The van der Waals surface area contributed by atoms with Crippen LogP contribution >= 0.6 is 7.68 Å². The van der Waals surface area contributed by atoms with Crippen LogP contribution in [-0.4, -0.2) is 18.0 Å². The van der Waals surface area contributed by atoms with Gasteiger partial charge in [-0.15, -0.1) is 0 Å². The molecule has 10 heavy (non-hydrogen) atoms. The molecular formula is C3H7O5PS. The summed E-state index contributed by atoms with van der Waals surface area (Å²) in [6.07, 6.45) is -0.127. The fourth-order valence-corrected chi connectivity index (χ4v) is 2.06. The predicted molar refractivity (Wildman–Crippen MR) is 33.9 cm³/mol. The van der Waals surface area contributed by atoms with Crippen molar-refractivity contribution in [3.63, 3.8) is 0 Å². The highest BCUT2D eigenvalue weighted by atomic mass is 32.2. The molecule has 0 aliphatic heterocycles. The summed E-state index contributed by atoms with van der Waals surface area (Å²) in [5.41, 5.74) is 0. The lowest BCUT2D eigenvalue weighted by Crippen LogP contribution is -2.13. The standard InChI is InChI=1S/C3H7O5PS/c1-2-3(9(4)5)10(6,7)8/h3H,2H2,1H3,(H,6,7,8). The lowest BCUT2D eigenvalue weighted by molar-refractivity contribution is 0.469. The van der Waals surface area contributed by atoms with Crippen molar-refractivity contribution in [3.05, 3.63) is 0 Å². The zero-order valence-corrected chi connectivity index (χ0v) is 6.93. The first kappa shape index (κ1) is 9.81. The highest BCUT2D eigenvalue weighted by molar-refractivity contribution is 7.91. The maximum atomic E-state index is 10.2. The molecular weight excluding hydrogens is 179 g/mol. The van der Waals surface area contributed by atoms with Gasteiger partial charge in [-0.25, -0.2) is 9.13 Å². The fraction of sp³-hybridized carbons (Fsp3) is 1.00. The monoisotopic (exact) mass is 186 g/mol. The second-order valence-electron chi connectivity index (χ2n) is 1.66. The summed E-state index contributed by atoms with van der Waals surface area (Å²) in [7, 11) is -7.50. The van der Waals surface area contributed by atoms with Gasteiger partial charge in [0.2, 0.25) is 0 Å². The van der Waals surface area contributed by atoms with Crippen LogP contribution in [0.1, 0.15) is 13.3 Å². The third-order valence-corrected chi connectivity index (χ3v) is 4.10. The van der Waals surface area contributed by atoms with E-state index in [1.54, 1.807) is 0 Å². The average Bonchev–Trinajstić information content (AvgIpc) is 1.60. The molecule has 0 radical (unpaired) electrons. The van der Waals surface area contributed by atoms with Crippen LogP contribution in [0.5, 0.6) is 0 Å². The molecule has 0 aromatic heterocycles. The smallest absolute Gasteiger partial charge is 0.285 e. The molecule has 5 nitrogen and oxygen atoms in total. The van der Waals surface area contributed by atoms with Crippen LogP contribution in [0.2, 0.25) is 0 Å². The van der Waals surface area contributed by atoms with E-state index < -0.39 is 22.8 Å². The minimum atomic E-state index is -4.41. The molecule has 60 valence electrons. The van der Waals surface area contributed by atoms with Gasteiger partial charge in [-0.1, -0.05) is 6.92 Å². The Hall–Kier alpha value is -0.190. The fourth-order valence-electron chi connectivity index (χ4n) is 0.468. The molecule has 0 saturated carbocycles. The van der Waals surface area contributed by atoms with Crippen LogP contribution in [0.4, 0.5) is 0 Å². The molecule has 0 bridgehead atoms. The molecule has 1 N–H and O–H groups in total. The third kappa shape index (κ3) is 2.60. The number of rotatable bonds is 3. The molecule has 0 saturated heterocycles. The van der Waals surface area contributed by atoms with E-state index in [-0.39, 0.29) is 6.42 Å². The second kappa shape index (κ2) is 3.27. The van der Waals surface area contributed by atoms with E-state index in [1.165, 1.54) is 6.92 Å². The number of hydrogen-bond acceptors (Lipinski definition) is 4. The van der Waals surface area contributed by atoms with Crippen LogP contribution in [0.15, 0.2) is 0 Å². The number of hydrogen-bond donors (Lipinski definition) is 1. The van der Waals surface area contributed by atoms with E-state index in [0.29, 0.717) is 0 Å². The van der Waals surface area contributed by atoms with Crippen molar-refractivity contribution in [3.8, 4) is 0 Å². The molecule has 0 rings (SSSR count). The minimum Gasteiger partial charge on any atom is -0.285 e. The summed E-state index contributed by atoms with van der Waals surface area (Å²) < 4.78 is 48.7. The lowest BCUT2D eigenvalue weighted by Gasteiger charge is -1.98. The van der Waals surface area contributed by atoms with E-state index in [0.717, 1.165) is 0 Å². The van der Waals surface area contributed by atoms with Gasteiger partial charge in [0.25, 0.3) is 10.1 Å². The van der Waals surface area contributed by atoms with Gasteiger partial charge >= 0.3 is 7.68 Å². The summed E-state index contributed by atoms with van der Waals surface area (Å²) in [4.78, 5) is -1.65. The van der Waals surface area contributed by atoms with Crippen molar-refractivity contribution in [1.29, 1.82) is 0 Å². The summed E-state index contributed by atoms with van der Waals surface area (Å²) >= 11 is 0. The molecule has 1 atom stereocenters. The summed E-state index contributed by atoms with van der Waals surface area (Å²) in [6, 6.07) is 0. The van der Waals surface area contributed by atoms with Crippen molar-refractivity contribution < 1.29 is 22.1 Å². The first-order valence-electron chi connectivity index (χ1n) is 2.49. The van der Waals surface area contributed by atoms with Crippen molar-refractivity contribution in [2.24, 2.45) is 0 Å².